The molecule has 0 aliphatic heterocycles. The molecule has 21 heavy (non-hydrogen) atoms. The molecule has 1 heterocycles. The molecule has 118 valence electrons. The van der Waals surface area contributed by atoms with Crippen molar-refractivity contribution in [3.05, 3.63) is 24.5 Å². The van der Waals surface area contributed by atoms with E-state index in [2.05, 4.69) is 9.71 Å². The van der Waals surface area contributed by atoms with Crippen molar-refractivity contribution >= 4 is 16.0 Å². The minimum absolute atomic E-state index is 0.0132. The maximum atomic E-state index is 12.3. The van der Waals surface area contributed by atoms with Gasteiger partial charge in [0.05, 0.1) is 0 Å². The zero-order valence-corrected chi connectivity index (χ0v) is 13.8. The van der Waals surface area contributed by atoms with E-state index in [1.807, 2.05) is 0 Å². The third-order valence-electron chi connectivity index (χ3n) is 2.55. The first-order chi connectivity index (χ1) is 9.53. The second-order valence-corrected chi connectivity index (χ2v) is 7.78. The smallest absolute Gasteiger partial charge is 0.324 e. The summed E-state index contributed by atoms with van der Waals surface area (Å²) in [4.78, 5) is 15.9. The Kier molecular flexibility index (Phi) is 5.47. The minimum Gasteiger partial charge on any atom is -0.459 e. The van der Waals surface area contributed by atoms with Crippen LogP contribution in [-0.4, -0.2) is 31.0 Å². The lowest BCUT2D eigenvalue weighted by Gasteiger charge is -2.26. The highest BCUT2D eigenvalue weighted by molar-refractivity contribution is 7.89. The number of nitrogens with zero attached hydrogens (tertiary/aromatic N) is 1. The molecule has 1 N–H and O–H groups in total. The van der Waals surface area contributed by atoms with E-state index in [9.17, 15) is 13.2 Å². The van der Waals surface area contributed by atoms with Crippen molar-refractivity contribution in [2.24, 2.45) is 5.92 Å². The van der Waals surface area contributed by atoms with Gasteiger partial charge in [-0.05, 0) is 38.8 Å². The van der Waals surface area contributed by atoms with E-state index in [4.69, 9.17) is 4.74 Å². The Hall–Kier alpha value is -1.47. The predicted molar refractivity (Wildman–Crippen MR) is 79.0 cm³/mol. The van der Waals surface area contributed by atoms with Crippen LogP contribution in [0.5, 0.6) is 0 Å². The van der Waals surface area contributed by atoms with Crippen molar-refractivity contribution in [3.63, 3.8) is 0 Å². The SMILES string of the molecule is CC(C)[C@H](NS(=O)(=O)c1cccnc1)C(=O)OC(C)(C)C. The van der Waals surface area contributed by atoms with E-state index in [1.54, 1.807) is 34.6 Å². The maximum absolute atomic E-state index is 12.3. The van der Waals surface area contributed by atoms with E-state index < -0.39 is 27.6 Å². The van der Waals surface area contributed by atoms with Gasteiger partial charge in [-0.2, -0.15) is 4.72 Å². The van der Waals surface area contributed by atoms with Gasteiger partial charge < -0.3 is 4.74 Å². The number of pyridine rings is 1. The number of sulfonamides is 1. The van der Waals surface area contributed by atoms with Gasteiger partial charge in [0, 0.05) is 12.4 Å². The molecule has 1 rings (SSSR count). The third-order valence-corrected chi connectivity index (χ3v) is 3.98. The van der Waals surface area contributed by atoms with Gasteiger partial charge in [-0.3, -0.25) is 9.78 Å². The summed E-state index contributed by atoms with van der Waals surface area (Å²) < 4.78 is 32.2. The lowest BCUT2D eigenvalue weighted by molar-refractivity contribution is -0.158. The molecule has 1 aromatic heterocycles. The number of nitrogens with one attached hydrogen (secondary N) is 1. The summed E-state index contributed by atoms with van der Waals surface area (Å²) in [6.07, 6.45) is 2.71. The molecule has 0 fully saturated rings. The largest absolute Gasteiger partial charge is 0.459 e. The Bertz CT molecular complexity index is 577. The highest BCUT2D eigenvalue weighted by atomic mass is 32.2. The molecule has 1 aromatic rings. The number of carbonyl (C=O) groups excluding carboxylic acids is 1. The van der Waals surface area contributed by atoms with E-state index in [1.165, 1.54) is 24.5 Å². The predicted octanol–water partition coefficient (Wildman–Crippen LogP) is 1.73. The molecule has 0 aromatic carbocycles. The minimum atomic E-state index is -3.82. The quantitative estimate of drug-likeness (QED) is 0.837. The number of carbonyl (C=O) groups is 1. The third kappa shape index (κ3) is 5.43. The molecular formula is C14H22N2O4S. The number of hydrogen-bond donors (Lipinski definition) is 1. The van der Waals surface area contributed by atoms with Crippen LogP contribution < -0.4 is 4.72 Å². The van der Waals surface area contributed by atoms with E-state index in [0.29, 0.717) is 0 Å². The van der Waals surface area contributed by atoms with Crippen molar-refractivity contribution in [3.8, 4) is 0 Å². The average molecular weight is 314 g/mol. The maximum Gasteiger partial charge on any atom is 0.324 e. The van der Waals surface area contributed by atoms with Crippen molar-refractivity contribution in [2.45, 2.75) is 51.2 Å². The first kappa shape index (κ1) is 17.6. The first-order valence-corrected chi connectivity index (χ1v) is 8.16. The second kappa shape index (κ2) is 6.53. The number of esters is 1. The summed E-state index contributed by atoms with van der Waals surface area (Å²) >= 11 is 0. The Morgan fingerprint density at radius 3 is 2.38 bits per heavy atom. The zero-order valence-electron chi connectivity index (χ0n) is 13.0. The Morgan fingerprint density at radius 2 is 1.95 bits per heavy atom. The molecule has 0 aliphatic carbocycles. The van der Waals surface area contributed by atoms with Crippen LogP contribution in [0.2, 0.25) is 0 Å². The van der Waals surface area contributed by atoms with E-state index >= 15 is 0 Å². The Morgan fingerprint density at radius 1 is 1.33 bits per heavy atom. The van der Waals surface area contributed by atoms with Gasteiger partial charge in [-0.25, -0.2) is 8.42 Å². The average Bonchev–Trinajstić information content (AvgIpc) is 2.34. The number of rotatable bonds is 5. The van der Waals surface area contributed by atoms with Crippen LogP contribution in [0.4, 0.5) is 0 Å². The van der Waals surface area contributed by atoms with Crippen LogP contribution in [0.15, 0.2) is 29.4 Å². The standard InChI is InChI=1S/C14H22N2O4S/c1-10(2)12(13(17)20-14(3,4)5)16-21(18,19)11-7-6-8-15-9-11/h6-10,12,16H,1-5H3/t12-/m0/s1. The molecule has 0 unspecified atom stereocenters. The highest BCUT2D eigenvalue weighted by Crippen LogP contribution is 2.15. The van der Waals surface area contributed by atoms with Crippen molar-refractivity contribution in [1.82, 2.24) is 9.71 Å². The fourth-order valence-corrected chi connectivity index (χ4v) is 2.86. The lowest BCUT2D eigenvalue weighted by atomic mass is 10.1. The number of ether oxygens (including phenoxy) is 1. The molecule has 0 radical (unpaired) electrons. The molecule has 7 heteroatoms. The van der Waals surface area contributed by atoms with Crippen LogP contribution >= 0.6 is 0 Å². The summed E-state index contributed by atoms with van der Waals surface area (Å²) in [5.74, 6) is -0.837. The first-order valence-electron chi connectivity index (χ1n) is 6.68. The van der Waals surface area contributed by atoms with Gasteiger partial charge in [0.25, 0.3) is 0 Å². The second-order valence-electron chi connectivity index (χ2n) is 6.07. The van der Waals surface area contributed by atoms with Gasteiger partial charge in [0.1, 0.15) is 16.5 Å². The van der Waals surface area contributed by atoms with Crippen LogP contribution in [-0.2, 0) is 19.6 Å². The van der Waals surface area contributed by atoms with Crippen molar-refractivity contribution in [2.75, 3.05) is 0 Å². The van der Waals surface area contributed by atoms with Crippen LogP contribution in [0.25, 0.3) is 0 Å². The molecule has 0 bridgehead atoms. The molecule has 0 saturated heterocycles. The van der Waals surface area contributed by atoms with Crippen molar-refractivity contribution in [1.29, 1.82) is 0 Å². The monoisotopic (exact) mass is 314 g/mol. The highest BCUT2D eigenvalue weighted by Gasteiger charge is 2.32. The van der Waals surface area contributed by atoms with Gasteiger partial charge >= 0.3 is 5.97 Å². The topological polar surface area (TPSA) is 85.4 Å². The summed E-state index contributed by atoms with van der Waals surface area (Å²) in [5.41, 5.74) is -0.677. The zero-order chi connectivity index (χ0) is 16.3. The molecule has 0 spiro atoms. The fourth-order valence-electron chi connectivity index (χ4n) is 1.56. The fraction of sp³-hybridized carbons (Fsp3) is 0.571. The molecule has 6 nitrogen and oxygen atoms in total. The number of hydrogen-bond acceptors (Lipinski definition) is 5. The van der Waals surface area contributed by atoms with Gasteiger partial charge in [-0.15, -0.1) is 0 Å². The summed E-state index contributed by atoms with van der Waals surface area (Å²) in [7, 11) is -3.82. The Balaban J connectivity index is 2.97. The molecule has 0 aliphatic rings. The lowest BCUT2D eigenvalue weighted by Crippen LogP contribution is -2.47. The van der Waals surface area contributed by atoms with Gasteiger partial charge in [-0.1, -0.05) is 13.8 Å². The molecule has 0 amide bonds. The normalized spacial score (nSPS) is 14.0. The van der Waals surface area contributed by atoms with Crippen LogP contribution in [0.3, 0.4) is 0 Å². The van der Waals surface area contributed by atoms with Crippen LogP contribution in [0.1, 0.15) is 34.6 Å². The van der Waals surface area contributed by atoms with E-state index in [0.717, 1.165) is 0 Å². The van der Waals surface area contributed by atoms with Gasteiger partial charge in [0.15, 0.2) is 0 Å². The van der Waals surface area contributed by atoms with Crippen LogP contribution in [0, 0.1) is 5.92 Å². The van der Waals surface area contributed by atoms with E-state index in [-0.39, 0.29) is 10.8 Å². The summed E-state index contributed by atoms with van der Waals surface area (Å²) in [5, 5.41) is 0. The Labute approximate surface area is 126 Å². The summed E-state index contributed by atoms with van der Waals surface area (Å²) in [6, 6.07) is 1.99. The number of aromatic nitrogens is 1. The molecule has 1 atom stereocenters. The van der Waals surface area contributed by atoms with Crippen molar-refractivity contribution < 1.29 is 17.9 Å². The molecular weight excluding hydrogens is 292 g/mol. The molecule has 0 saturated carbocycles. The van der Waals surface area contributed by atoms with Gasteiger partial charge in [0.2, 0.25) is 10.0 Å². The summed E-state index contributed by atoms with van der Waals surface area (Å²) in [6.45, 7) is 8.70.